The average Bonchev–Trinajstić information content (AvgIpc) is 2.67. The van der Waals surface area contributed by atoms with Crippen LogP contribution in [0.5, 0.6) is 0 Å². The van der Waals surface area contributed by atoms with Gasteiger partial charge in [-0.3, -0.25) is 0 Å². The van der Waals surface area contributed by atoms with E-state index in [-0.39, 0.29) is 5.41 Å². The minimum Gasteiger partial charge on any atom is -0.377 e. The predicted octanol–water partition coefficient (Wildman–Crippen LogP) is 3.22. The van der Waals surface area contributed by atoms with Gasteiger partial charge in [-0.25, -0.2) is 0 Å². The molecule has 1 aliphatic heterocycles. The summed E-state index contributed by atoms with van der Waals surface area (Å²) in [6.07, 6.45) is 4.10. The van der Waals surface area contributed by atoms with Crippen LogP contribution in [-0.4, -0.2) is 25.3 Å². The summed E-state index contributed by atoms with van der Waals surface area (Å²) in [5, 5.41) is 3.68. The summed E-state index contributed by atoms with van der Waals surface area (Å²) in [6.45, 7) is 13.4. The Balaban J connectivity index is 2.41. The van der Waals surface area contributed by atoms with Crippen molar-refractivity contribution < 1.29 is 4.74 Å². The van der Waals surface area contributed by atoms with Gasteiger partial charge in [0, 0.05) is 25.1 Å². The molecule has 0 spiro atoms. The maximum atomic E-state index is 5.89. The maximum Gasteiger partial charge on any atom is 0.0664 e. The Morgan fingerprint density at radius 2 is 1.88 bits per heavy atom. The highest BCUT2D eigenvalue weighted by Gasteiger charge is 2.36. The van der Waals surface area contributed by atoms with Crippen LogP contribution in [0.15, 0.2) is 0 Å². The Bertz CT molecular complexity index is 193. The summed E-state index contributed by atoms with van der Waals surface area (Å²) < 4.78 is 5.89. The molecule has 1 heterocycles. The lowest BCUT2D eigenvalue weighted by Gasteiger charge is -2.32. The summed E-state index contributed by atoms with van der Waals surface area (Å²) in [7, 11) is 0. The van der Waals surface area contributed by atoms with Gasteiger partial charge in [0.15, 0.2) is 0 Å². The fourth-order valence-electron chi connectivity index (χ4n) is 2.70. The molecule has 2 nitrogen and oxygen atoms in total. The van der Waals surface area contributed by atoms with Gasteiger partial charge < -0.3 is 10.1 Å². The standard InChI is InChI=1S/C14H29NO/c1-6-12(7-2)15-10-11-8-9-16-13(11)14(3,4)5/h11-13,15H,6-10H2,1-5H3. The van der Waals surface area contributed by atoms with Crippen LogP contribution in [0.3, 0.4) is 0 Å². The van der Waals surface area contributed by atoms with E-state index in [0.717, 1.165) is 13.2 Å². The molecular formula is C14H29NO. The average molecular weight is 227 g/mol. The number of rotatable bonds is 5. The molecule has 1 aliphatic rings. The quantitative estimate of drug-likeness (QED) is 0.778. The van der Waals surface area contributed by atoms with E-state index in [9.17, 15) is 0 Å². The third kappa shape index (κ3) is 3.74. The molecule has 2 unspecified atom stereocenters. The third-order valence-electron chi connectivity index (χ3n) is 3.72. The largest absolute Gasteiger partial charge is 0.377 e. The molecule has 0 aromatic heterocycles. The first kappa shape index (κ1) is 14.0. The number of hydrogen-bond acceptors (Lipinski definition) is 2. The topological polar surface area (TPSA) is 21.3 Å². The van der Waals surface area contributed by atoms with E-state index in [1.54, 1.807) is 0 Å². The first-order valence-corrected chi connectivity index (χ1v) is 6.84. The summed E-state index contributed by atoms with van der Waals surface area (Å²) in [5.74, 6) is 0.695. The van der Waals surface area contributed by atoms with Crippen molar-refractivity contribution in [2.75, 3.05) is 13.2 Å². The minimum absolute atomic E-state index is 0.275. The lowest BCUT2D eigenvalue weighted by Crippen LogP contribution is -2.39. The molecule has 0 saturated carbocycles. The number of ether oxygens (including phenoxy) is 1. The SMILES string of the molecule is CCC(CC)NCC1CCOC1C(C)(C)C. The zero-order chi connectivity index (χ0) is 12.2. The fourth-order valence-corrected chi connectivity index (χ4v) is 2.70. The molecule has 2 heteroatoms. The van der Waals surface area contributed by atoms with E-state index in [1.807, 2.05) is 0 Å². The van der Waals surface area contributed by atoms with Gasteiger partial charge in [-0.1, -0.05) is 34.6 Å². The predicted molar refractivity (Wildman–Crippen MR) is 69.7 cm³/mol. The van der Waals surface area contributed by atoms with Crippen LogP contribution >= 0.6 is 0 Å². The van der Waals surface area contributed by atoms with Crippen LogP contribution in [0, 0.1) is 11.3 Å². The molecule has 0 bridgehead atoms. The van der Waals surface area contributed by atoms with Crippen molar-refractivity contribution in [3.05, 3.63) is 0 Å². The molecule has 96 valence electrons. The highest BCUT2D eigenvalue weighted by Crippen LogP contribution is 2.34. The van der Waals surface area contributed by atoms with Gasteiger partial charge in [-0.15, -0.1) is 0 Å². The first-order valence-electron chi connectivity index (χ1n) is 6.84. The molecular weight excluding hydrogens is 198 g/mol. The Labute approximate surface area is 101 Å². The molecule has 1 saturated heterocycles. The third-order valence-corrected chi connectivity index (χ3v) is 3.72. The maximum absolute atomic E-state index is 5.89. The zero-order valence-electron chi connectivity index (χ0n) is 11.7. The summed E-state index contributed by atoms with van der Waals surface area (Å²) >= 11 is 0. The van der Waals surface area contributed by atoms with E-state index in [2.05, 4.69) is 39.9 Å². The van der Waals surface area contributed by atoms with Crippen molar-refractivity contribution in [1.29, 1.82) is 0 Å². The van der Waals surface area contributed by atoms with Crippen molar-refractivity contribution >= 4 is 0 Å². The lowest BCUT2D eigenvalue weighted by molar-refractivity contribution is 0.00675. The van der Waals surface area contributed by atoms with Crippen LogP contribution in [-0.2, 0) is 4.74 Å². The van der Waals surface area contributed by atoms with E-state index < -0.39 is 0 Å². The van der Waals surface area contributed by atoms with Crippen molar-refractivity contribution in [2.45, 2.75) is 66.0 Å². The molecule has 0 aliphatic carbocycles. The molecule has 1 rings (SSSR count). The van der Waals surface area contributed by atoms with Gasteiger partial charge in [0.1, 0.15) is 0 Å². The van der Waals surface area contributed by atoms with Gasteiger partial charge in [0.25, 0.3) is 0 Å². The van der Waals surface area contributed by atoms with Crippen LogP contribution in [0.25, 0.3) is 0 Å². The first-order chi connectivity index (χ1) is 7.49. The smallest absolute Gasteiger partial charge is 0.0664 e. The van der Waals surface area contributed by atoms with Crippen LogP contribution < -0.4 is 5.32 Å². The van der Waals surface area contributed by atoms with Crippen molar-refractivity contribution in [3.63, 3.8) is 0 Å². The molecule has 0 amide bonds. The lowest BCUT2D eigenvalue weighted by atomic mass is 9.81. The molecule has 2 atom stereocenters. The second-order valence-corrected chi connectivity index (χ2v) is 6.13. The molecule has 0 radical (unpaired) electrons. The van der Waals surface area contributed by atoms with Crippen molar-refractivity contribution in [2.24, 2.45) is 11.3 Å². The zero-order valence-corrected chi connectivity index (χ0v) is 11.7. The Hall–Kier alpha value is -0.0800. The Morgan fingerprint density at radius 1 is 1.25 bits per heavy atom. The fraction of sp³-hybridized carbons (Fsp3) is 1.00. The molecule has 1 fully saturated rings. The molecule has 16 heavy (non-hydrogen) atoms. The monoisotopic (exact) mass is 227 g/mol. The van der Waals surface area contributed by atoms with Gasteiger partial charge in [-0.05, 0) is 24.7 Å². The summed E-state index contributed by atoms with van der Waals surface area (Å²) in [4.78, 5) is 0. The molecule has 0 aromatic carbocycles. The number of nitrogens with one attached hydrogen (secondary N) is 1. The number of hydrogen-bond donors (Lipinski definition) is 1. The van der Waals surface area contributed by atoms with Gasteiger partial charge in [0.2, 0.25) is 0 Å². The summed E-state index contributed by atoms with van der Waals surface area (Å²) in [5.41, 5.74) is 0.275. The second kappa shape index (κ2) is 6.02. The van der Waals surface area contributed by atoms with Crippen LogP contribution in [0.1, 0.15) is 53.9 Å². The highest BCUT2D eigenvalue weighted by molar-refractivity contribution is 4.87. The van der Waals surface area contributed by atoms with Crippen LogP contribution in [0.4, 0.5) is 0 Å². The summed E-state index contributed by atoms with van der Waals surface area (Å²) in [6, 6.07) is 0.682. The van der Waals surface area contributed by atoms with Crippen LogP contribution in [0.2, 0.25) is 0 Å². The van der Waals surface area contributed by atoms with Crippen molar-refractivity contribution in [3.8, 4) is 0 Å². The van der Waals surface area contributed by atoms with E-state index >= 15 is 0 Å². The molecule has 1 N–H and O–H groups in total. The highest BCUT2D eigenvalue weighted by atomic mass is 16.5. The second-order valence-electron chi connectivity index (χ2n) is 6.13. The van der Waals surface area contributed by atoms with E-state index in [0.29, 0.717) is 18.1 Å². The van der Waals surface area contributed by atoms with Gasteiger partial charge in [0.05, 0.1) is 6.10 Å². The van der Waals surface area contributed by atoms with Gasteiger partial charge in [-0.2, -0.15) is 0 Å². The normalized spacial score (nSPS) is 26.6. The Morgan fingerprint density at radius 3 is 2.38 bits per heavy atom. The van der Waals surface area contributed by atoms with E-state index in [1.165, 1.54) is 19.3 Å². The van der Waals surface area contributed by atoms with Crippen molar-refractivity contribution in [1.82, 2.24) is 5.32 Å². The molecule has 0 aromatic rings. The minimum atomic E-state index is 0.275. The van der Waals surface area contributed by atoms with Gasteiger partial charge >= 0.3 is 0 Å². The van der Waals surface area contributed by atoms with E-state index in [4.69, 9.17) is 4.74 Å². The Kier molecular flexibility index (Phi) is 5.26.